The highest BCUT2D eigenvalue weighted by Crippen LogP contribution is 2.29. The summed E-state index contributed by atoms with van der Waals surface area (Å²) in [6.07, 6.45) is -4.74. The molecule has 4 nitrogen and oxygen atoms in total. The Balaban J connectivity index is 2.10. The van der Waals surface area contributed by atoms with Crippen molar-refractivity contribution in [3.63, 3.8) is 0 Å². The van der Waals surface area contributed by atoms with E-state index in [0.717, 1.165) is 0 Å². The van der Waals surface area contributed by atoms with Crippen LogP contribution in [0.2, 0.25) is 0 Å². The fourth-order valence-corrected chi connectivity index (χ4v) is 2.52. The number of benzene rings is 2. The normalized spacial score (nSPS) is 11.7. The highest BCUT2D eigenvalue weighted by atomic mass is 19.4. The lowest BCUT2D eigenvalue weighted by molar-refractivity contribution is -0.274. The molecule has 0 bridgehead atoms. The van der Waals surface area contributed by atoms with Gasteiger partial charge in [0.25, 0.3) is 5.56 Å². The van der Waals surface area contributed by atoms with E-state index in [-0.39, 0.29) is 11.3 Å². The van der Waals surface area contributed by atoms with Crippen LogP contribution < -0.4 is 10.3 Å². The zero-order chi connectivity index (χ0) is 17.5. The number of ether oxygens (including phenoxy) is 1. The van der Waals surface area contributed by atoms with Crippen molar-refractivity contribution in [1.82, 2.24) is 9.55 Å². The first-order valence-electron chi connectivity index (χ1n) is 7.08. The first-order valence-corrected chi connectivity index (χ1v) is 7.08. The Kier molecular flexibility index (Phi) is 3.79. The molecule has 0 N–H and O–H groups in total. The van der Waals surface area contributed by atoms with Crippen molar-refractivity contribution < 1.29 is 17.9 Å². The minimum Gasteiger partial charge on any atom is -0.406 e. The number of nitrogens with zero attached hydrogens (tertiary/aromatic N) is 2. The van der Waals surface area contributed by atoms with E-state index in [0.29, 0.717) is 27.9 Å². The number of hydrogen-bond donors (Lipinski definition) is 0. The second kappa shape index (κ2) is 5.67. The SMILES string of the molecule is Cc1nc2ccc(-c3cccc(OC(F)(F)F)c3)cc2n(C)c1=O. The molecule has 0 saturated heterocycles. The molecule has 2 aromatic carbocycles. The van der Waals surface area contributed by atoms with Gasteiger partial charge in [0.2, 0.25) is 0 Å². The first-order chi connectivity index (χ1) is 11.2. The van der Waals surface area contributed by atoms with Gasteiger partial charge in [-0.3, -0.25) is 4.79 Å². The molecule has 0 spiro atoms. The third-order valence-corrected chi connectivity index (χ3v) is 3.64. The second-order valence-electron chi connectivity index (χ2n) is 5.34. The predicted molar refractivity (Wildman–Crippen MR) is 83.8 cm³/mol. The van der Waals surface area contributed by atoms with E-state index in [4.69, 9.17) is 0 Å². The molecule has 0 radical (unpaired) electrons. The number of rotatable bonds is 2. The molecular weight excluding hydrogens is 321 g/mol. The Labute approximate surface area is 135 Å². The standard InChI is InChI=1S/C17H13F3N2O2/c1-10-16(23)22(2)15-9-12(6-7-14(15)21-10)11-4-3-5-13(8-11)24-17(18,19)20/h3-9H,1-2H3. The molecule has 3 rings (SSSR count). The molecule has 0 atom stereocenters. The van der Waals surface area contributed by atoms with Crippen LogP contribution in [0.5, 0.6) is 5.75 Å². The fraction of sp³-hybridized carbons (Fsp3) is 0.176. The largest absolute Gasteiger partial charge is 0.573 e. The summed E-state index contributed by atoms with van der Waals surface area (Å²) in [7, 11) is 1.63. The highest BCUT2D eigenvalue weighted by Gasteiger charge is 2.31. The van der Waals surface area contributed by atoms with Gasteiger partial charge < -0.3 is 9.30 Å². The van der Waals surface area contributed by atoms with Crippen molar-refractivity contribution in [3.05, 3.63) is 58.5 Å². The molecule has 24 heavy (non-hydrogen) atoms. The average molecular weight is 334 g/mol. The lowest BCUT2D eigenvalue weighted by Gasteiger charge is -2.11. The summed E-state index contributed by atoms with van der Waals surface area (Å²) in [5, 5.41) is 0. The average Bonchev–Trinajstić information content (AvgIpc) is 2.51. The third kappa shape index (κ3) is 3.10. The van der Waals surface area contributed by atoms with E-state index in [1.807, 2.05) is 0 Å². The summed E-state index contributed by atoms with van der Waals surface area (Å²) < 4.78 is 42.5. The summed E-state index contributed by atoms with van der Waals surface area (Å²) in [5.74, 6) is -0.295. The topological polar surface area (TPSA) is 44.1 Å². The van der Waals surface area contributed by atoms with E-state index in [9.17, 15) is 18.0 Å². The van der Waals surface area contributed by atoms with Crippen molar-refractivity contribution in [1.29, 1.82) is 0 Å². The van der Waals surface area contributed by atoms with E-state index in [2.05, 4.69) is 9.72 Å². The lowest BCUT2D eigenvalue weighted by Crippen LogP contribution is -2.21. The van der Waals surface area contributed by atoms with Crippen LogP contribution in [0.15, 0.2) is 47.3 Å². The maximum Gasteiger partial charge on any atom is 0.573 e. The summed E-state index contributed by atoms with van der Waals surface area (Å²) in [6.45, 7) is 1.63. The van der Waals surface area contributed by atoms with Crippen LogP contribution in [0, 0.1) is 6.92 Å². The van der Waals surface area contributed by atoms with Crippen LogP contribution in [0.3, 0.4) is 0 Å². The highest BCUT2D eigenvalue weighted by molar-refractivity contribution is 5.82. The van der Waals surface area contributed by atoms with E-state index in [1.54, 1.807) is 38.2 Å². The number of aryl methyl sites for hydroxylation is 2. The van der Waals surface area contributed by atoms with Gasteiger partial charge in [0, 0.05) is 7.05 Å². The smallest absolute Gasteiger partial charge is 0.406 e. The Bertz CT molecular complexity index is 978. The maximum atomic E-state index is 12.4. The molecule has 0 fully saturated rings. The molecule has 0 aliphatic heterocycles. The number of aromatic nitrogens is 2. The maximum absolute atomic E-state index is 12.4. The Morgan fingerprint density at radius 1 is 1.08 bits per heavy atom. The van der Waals surface area contributed by atoms with Crippen molar-refractivity contribution in [2.24, 2.45) is 7.05 Å². The van der Waals surface area contributed by atoms with Crippen molar-refractivity contribution in [2.45, 2.75) is 13.3 Å². The van der Waals surface area contributed by atoms with E-state index < -0.39 is 6.36 Å². The minimum absolute atomic E-state index is 0.214. The van der Waals surface area contributed by atoms with Gasteiger partial charge in [-0.2, -0.15) is 0 Å². The zero-order valence-corrected chi connectivity index (χ0v) is 12.9. The van der Waals surface area contributed by atoms with Crippen molar-refractivity contribution in [3.8, 4) is 16.9 Å². The zero-order valence-electron chi connectivity index (χ0n) is 12.9. The molecule has 7 heteroatoms. The van der Waals surface area contributed by atoms with Crippen LogP contribution in [-0.4, -0.2) is 15.9 Å². The number of hydrogen-bond acceptors (Lipinski definition) is 3. The molecule has 3 aromatic rings. The Hall–Kier alpha value is -2.83. The molecular formula is C17H13F3N2O2. The van der Waals surface area contributed by atoms with Gasteiger partial charge >= 0.3 is 6.36 Å². The molecule has 0 unspecified atom stereocenters. The molecule has 1 heterocycles. The number of halogens is 3. The van der Waals surface area contributed by atoms with Crippen LogP contribution >= 0.6 is 0 Å². The Morgan fingerprint density at radius 3 is 2.50 bits per heavy atom. The van der Waals surface area contributed by atoms with Crippen molar-refractivity contribution in [2.75, 3.05) is 0 Å². The van der Waals surface area contributed by atoms with E-state index in [1.165, 1.54) is 22.8 Å². The Morgan fingerprint density at radius 2 is 1.79 bits per heavy atom. The molecule has 0 amide bonds. The fourth-order valence-electron chi connectivity index (χ4n) is 2.52. The minimum atomic E-state index is -4.74. The molecule has 0 saturated carbocycles. The van der Waals surface area contributed by atoms with Gasteiger partial charge in [-0.1, -0.05) is 18.2 Å². The summed E-state index contributed by atoms with van der Waals surface area (Å²) in [5.41, 5.74) is 2.63. The van der Waals surface area contributed by atoms with Gasteiger partial charge in [0.15, 0.2) is 0 Å². The third-order valence-electron chi connectivity index (χ3n) is 3.64. The summed E-state index contributed by atoms with van der Waals surface area (Å²) in [4.78, 5) is 16.2. The van der Waals surface area contributed by atoms with Gasteiger partial charge in [-0.25, -0.2) is 4.98 Å². The quantitative estimate of drug-likeness (QED) is 0.716. The van der Waals surface area contributed by atoms with Gasteiger partial charge in [0.1, 0.15) is 11.4 Å². The van der Waals surface area contributed by atoms with Gasteiger partial charge in [-0.05, 0) is 42.3 Å². The monoisotopic (exact) mass is 334 g/mol. The lowest BCUT2D eigenvalue weighted by atomic mass is 10.0. The summed E-state index contributed by atoms with van der Waals surface area (Å²) >= 11 is 0. The van der Waals surface area contributed by atoms with Gasteiger partial charge in [-0.15, -0.1) is 13.2 Å². The van der Waals surface area contributed by atoms with Crippen LogP contribution in [-0.2, 0) is 7.05 Å². The molecule has 124 valence electrons. The van der Waals surface area contributed by atoms with Crippen LogP contribution in [0.1, 0.15) is 5.69 Å². The number of alkyl halides is 3. The van der Waals surface area contributed by atoms with E-state index >= 15 is 0 Å². The van der Waals surface area contributed by atoms with Crippen LogP contribution in [0.25, 0.3) is 22.2 Å². The molecule has 1 aromatic heterocycles. The predicted octanol–water partition coefficient (Wildman–Crippen LogP) is 3.81. The van der Waals surface area contributed by atoms with Crippen LogP contribution in [0.4, 0.5) is 13.2 Å². The summed E-state index contributed by atoms with van der Waals surface area (Å²) in [6, 6.07) is 10.9. The van der Waals surface area contributed by atoms with Crippen molar-refractivity contribution >= 4 is 11.0 Å². The van der Waals surface area contributed by atoms with Gasteiger partial charge in [0.05, 0.1) is 11.0 Å². The first kappa shape index (κ1) is 16.0. The number of fused-ring (bicyclic) bond motifs is 1. The second-order valence-corrected chi connectivity index (χ2v) is 5.34. The molecule has 0 aliphatic rings. The molecule has 0 aliphatic carbocycles.